The highest BCUT2D eigenvalue weighted by atomic mass is 19.1. The zero-order valence-corrected chi connectivity index (χ0v) is 23.6. The van der Waals surface area contributed by atoms with E-state index in [1.165, 1.54) is 17.0 Å². The van der Waals surface area contributed by atoms with Crippen molar-refractivity contribution in [2.75, 3.05) is 6.61 Å². The SMILES string of the molecule is CCC1=C([C@H](O)CC/C(=C/c2ccc(O)c(F)c2)c2ccccc2)[C@H](CO)[C@@H]2C(=O)N(C3CCCCC3)C(=O)[C@@H]2C1. The van der Waals surface area contributed by atoms with E-state index < -0.39 is 35.4 Å². The van der Waals surface area contributed by atoms with E-state index in [1.54, 1.807) is 6.07 Å². The number of likely N-dealkylation sites (tertiary alicyclic amines) is 1. The number of allylic oxidation sites excluding steroid dienone is 2. The molecule has 3 N–H and O–H groups in total. The first-order valence-corrected chi connectivity index (χ1v) is 15.0. The second kappa shape index (κ2) is 12.7. The van der Waals surface area contributed by atoms with Gasteiger partial charge in [0.05, 0.1) is 24.5 Å². The molecule has 2 aliphatic carbocycles. The zero-order valence-electron chi connectivity index (χ0n) is 23.6. The van der Waals surface area contributed by atoms with Gasteiger partial charge in [0.15, 0.2) is 11.6 Å². The summed E-state index contributed by atoms with van der Waals surface area (Å²) in [6.07, 6.45) is 7.63. The number of amides is 2. The summed E-state index contributed by atoms with van der Waals surface area (Å²) >= 11 is 0. The van der Waals surface area contributed by atoms with E-state index in [1.807, 2.05) is 43.3 Å². The van der Waals surface area contributed by atoms with Gasteiger partial charge in [-0.05, 0) is 72.9 Å². The first-order chi connectivity index (χ1) is 19.8. The molecule has 2 aromatic rings. The first kappa shape index (κ1) is 29.2. The number of aliphatic hydroxyl groups is 2. The van der Waals surface area contributed by atoms with Crippen molar-refractivity contribution in [3.8, 4) is 5.75 Å². The van der Waals surface area contributed by atoms with Gasteiger partial charge in [-0.3, -0.25) is 14.5 Å². The molecule has 0 radical (unpaired) electrons. The predicted octanol–water partition coefficient (Wildman–Crippen LogP) is 5.87. The molecule has 1 aliphatic heterocycles. The molecule has 4 atom stereocenters. The number of hydrogen-bond donors (Lipinski definition) is 3. The quantitative estimate of drug-likeness (QED) is 0.202. The Morgan fingerprint density at radius 3 is 2.46 bits per heavy atom. The molecule has 1 saturated heterocycles. The Hall–Kier alpha value is -3.29. The third-order valence-electron chi connectivity index (χ3n) is 9.28. The van der Waals surface area contributed by atoms with Crippen molar-refractivity contribution in [3.05, 3.63) is 76.6 Å². The number of benzene rings is 2. The number of hydrogen-bond acceptors (Lipinski definition) is 5. The summed E-state index contributed by atoms with van der Waals surface area (Å²) in [4.78, 5) is 28.8. The molecule has 0 bridgehead atoms. The highest BCUT2D eigenvalue weighted by Gasteiger charge is 2.56. The molecule has 218 valence electrons. The van der Waals surface area contributed by atoms with Gasteiger partial charge in [0.1, 0.15) is 0 Å². The number of aromatic hydroxyl groups is 1. The fourth-order valence-corrected chi connectivity index (χ4v) is 7.24. The van der Waals surface area contributed by atoms with Gasteiger partial charge in [0.2, 0.25) is 11.8 Å². The molecule has 0 aromatic heterocycles. The van der Waals surface area contributed by atoms with Crippen LogP contribution in [0.4, 0.5) is 4.39 Å². The summed E-state index contributed by atoms with van der Waals surface area (Å²) in [7, 11) is 0. The normalized spacial score (nSPS) is 24.6. The molecule has 7 heteroatoms. The number of carbonyl (C=O) groups is 2. The minimum Gasteiger partial charge on any atom is -0.505 e. The fourth-order valence-electron chi connectivity index (χ4n) is 7.24. The van der Waals surface area contributed by atoms with Gasteiger partial charge in [0.25, 0.3) is 0 Å². The van der Waals surface area contributed by atoms with E-state index in [2.05, 4.69) is 0 Å². The summed E-state index contributed by atoms with van der Waals surface area (Å²) in [6, 6.07) is 13.8. The van der Waals surface area contributed by atoms with E-state index in [4.69, 9.17) is 0 Å². The number of fused-ring (bicyclic) bond motifs is 1. The molecule has 2 fully saturated rings. The largest absolute Gasteiger partial charge is 0.505 e. The Morgan fingerprint density at radius 2 is 1.80 bits per heavy atom. The third-order valence-corrected chi connectivity index (χ3v) is 9.28. The van der Waals surface area contributed by atoms with Crippen molar-refractivity contribution in [2.45, 2.75) is 76.9 Å². The summed E-state index contributed by atoms with van der Waals surface area (Å²) in [6.45, 7) is 1.69. The lowest BCUT2D eigenvalue weighted by atomic mass is 9.67. The Bertz CT molecular complexity index is 1330. The van der Waals surface area contributed by atoms with Crippen LogP contribution in [0, 0.1) is 23.6 Å². The molecule has 3 aliphatic rings. The molecule has 1 heterocycles. The molecular weight excluding hydrogens is 521 g/mol. The molecule has 41 heavy (non-hydrogen) atoms. The van der Waals surface area contributed by atoms with E-state index >= 15 is 0 Å². The molecule has 2 aromatic carbocycles. The molecule has 6 nitrogen and oxygen atoms in total. The second-order valence-corrected chi connectivity index (χ2v) is 11.7. The van der Waals surface area contributed by atoms with Crippen LogP contribution < -0.4 is 0 Å². The molecule has 0 spiro atoms. The summed E-state index contributed by atoms with van der Waals surface area (Å²) in [5, 5.41) is 31.8. The Balaban J connectivity index is 1.40. The standard InChI is InChI=1S/C34H40FNO5/c1-2-22-19-26-32(34(41)36(33(26)40)25-11-7-4-8-12-25)27(20-37)31(22)30(39)16-14-24(23-9-5-3-6-10-23)17-21-13-15-29(38)28(35)18-21/h3,5-6,9-10,13,15,17-18,25-27,30,32,37-39H,2,4,7-8,11-12,14,16,19-20H2,1H3/b24-17-/t26-,27+,30-,32-/m1/s1. The van der Waals surface area contributed by atoms with Gasteiger partial charge in [-0.15, -0.1) is 0 Å². The monoisotopic (exact) mass is 561 g/mol. The summed E-state index contributed by atoms with van der Waals surface area (Å²) in [5.74, 6) is -3.13. The van der Waals surface area contributed by atoms with Gasteiger partial charge >= 0.3 is 0 Å². The third kappa shape index (κ3) is 5.88. The van der Waals surface area contributed by atoms with Crippen molar-refractivity contribution in [3.63, 3.8) is 0 Å². The van der Waals surface area contributed by atoms with Crippen LogP contribution in [-0.2, 0) is 9.59 Å². The number of phenolic OH excluding ortho intramolecular Hbond substituents is 1. The number of nitrogens with zero attached hydrogens (tertiary/aromatic N) is 1. The number of phenols is 1. The molecule has 5 rings (SSSR count). The van der Waals surface area contributed by atoms with E-state index in [0.717, 1.165) is 48.8 Å². The second-order valence-electron chi connectivity index (χ2n) is 11.7. The van der Waals surface area contributed by atoms with Gasteiger partial charge in [-0.2, -0.15) is 0 Å². The maximum atomic E-state index is 14.1. The lowest BCUT2D eigenvalue weighted by Gasteiger charge is -2.36. The molecule has 2 amide bonds. The Labute approximate surface area is 241 Å². The van der Waals surface area contributed by atoms with Crippen LogP contribution in [0.5, 0.6) is 5.75 Å². The van der Waals surface area contributed by atoms with E-state index in [0.29, 0.717) is 36.8 Å². The number of aliphatic hydroxyl groups excluding tert-OH is 2. The smallest absolute Gasteiger partial charge is 0.234 e. The summed E-state index contributed by atoms with van der Waals surface area (Å²) in [5.41, 5.74) is 4.06. The average Bonchev–Trinajstić information content (AvgIpc) is 3.25. The first-order valence-electron chi connectivity index (χ1n) is 15.0. The average molecular weight is 562 g/mol. The van der Waals surface area contributed by atoms with Crippen LogP contribution >= 0.6 is 0 Å². The number of imide groups is 1. The van der Waals surface area contributed by atoms with Crippen LogP contribution in [0.2, 0.25) is 0 Å². The van der Waals surface area contributed by atoms with Gasteiger partial charge in [-0.1, -0.05) is 74.2 Å². The van der Waals surface area contributed by atoms with Crippen LogP contribution in [0.3, 0.4) is 0 Å². The number of halogens is 1. The van der Waals surface area contributed by atoms with Crippen molar-refractivity contribution in [1.29, 1.82) is 0 Å². The van der Waals surface area contributed by atoms with Crippen LogP contribution in [0.1, 0.15) is 75.8 Å². The highest BCUT2D eigenvalue weighted by molar-refractivity contribution is 6.06. The van der Waals surface area contributed by atoms with Crippen LogP contribution in [-0.4, -0.2) is 50.8 Å². The maximum absolute atomic E-state index is 14.1. The topological polar surface area (TPSA) is 98.1 Å². The van der Waals surface area contributed by atoms with Crippen molar-refractivity contribution in [2.24, 2.45) is 17.8 Å². The number of carbonyl (C=O) groups excluding carboxylic acids is 2. The molecule has 1 saturated carbocycles. The fraction of sp³-hybridized carbons (Fsp3) is 0.471. The lowest BCUT2D eigenvalue weighted by Crippen LogP contribution is -2.42. The van der Waals surface area contributed by atoms with Crippen molar-refractivity contribution >= 4 is 23.5 Å². The predicted molar refractivity (Wildman–Crippen MR) is 156 cm³/mol. The van der Waals surface area contributed by atoms with E-state index in [-0.39, 0.29) is 24.5 Å². The Kier molecular flexibility index (Phi) is 9.05. The highest BCUT2D eigenvalue weighted by Crippen LogP contribution is 2.48. The van der Waals surface area contributed by atoms with Gasteiger partial charge in [0, 0.05) is 12.0 Å². The summed E-state index contributed by atoms with van der Waals surface area (Å²) < 4.78 is 14.1. The maximum Gasteiger partial charge on any atom is 0.234 e. The zero-order chi connectivity index (χ0) is 29.1. The van der Waals surface area contributed by atoms with Crippen LogP contribution in [0.15, 0.2) is 59.7 Å². The van der Waals surface area contributed by atoms with Crippen LogP contribution in [0.25, 0.3) is 11.6 Å². The minimum atomic E-state index is -0.904. The van der Waals surface area contributed by atoms with Gasteiger partial charge < -0.3 is 15.3 Å². The minimum absolute atomic E-state index is 0.0598. The van der Waals surface area contributed by atoms with E-state index in [9.17, 15) is 29.3 Å². The Morgan fingerprint density at radius 1 is 1.07 bits per heavy atom. The van der Waals surface area contributed by atoms with Gasteiger partial charge in [-0.25, -0.2) is 4.39 Å². The molecule has 0 unspecified atom stereocenters. The lowest BCUT2D eigenvalue weighted by molar-refractivity contribution is -0.143. The van der Waals surface area contributed by atoms with Crippen molar-refractivity contribution < 1.29 is 29.3 Å². The van der Waals surface area contributed by atoms with Crippen molar-refractivity contribution in [1.82, 2.24) is 4.90 Å². The molecular formula is C34H40FNO5. The number of rotatable bonds is 9.